The molecule has 0 aromatic heterocycles. The van der Waals surface area contributed by atoms with Crippen molar-refractivity contribution in [3.8, 4) is 11.5 Å². The van der Waals surface area contributed by atoms with E-state index in [-0.39, 0.29) is 12.7 Å². The Kier molecular flexibility index (Phi) is 6.24. The van der Waals surface area contributed by atoms with Gasteiger partial charge in [-0.1, -0.05) is 27.2 Å². The molecule has 0 N–H and O–H groups in total. The fourth-order valence-electron chi connectivity index (χ4n) is 3.83. The van der Waals surface area contributed by atoms with Gasteiger partial charge in [0.2, 0.25) is 0 Å². The normalized spacial score (nSPS) is 24.4. The molecule has 1 fully saturated rings. The Bertz CT molecular complexity index is 683. The van der Waals surface area contributed by atoms with Crippen molar-refractivity contribution in [2.24, 2.45) is 17.8 Å². The van der Waals surface area contributed by atoms with E-state index in [1.54, 1.807) is 18.2 Å². The van der Waals surface area contributed by atoms with E-state index >= 15 is 0 Å². The van der Waals surface area contributed by atoms with Crippen LogP contribution in [0.2, 0.25) is 0 Å². The molecule has 2 aliphatic rings. The molecular weight excluding hydrogens is 348 g/mol. The van der Waals surface area contributed by atoms with Crippen molar-refractivity contribution < 1.29 is 28.5 Å². The molecule has 0 radical (unpaired) electrons. The number of benzene rings is 1. The number of fused-ring (bicyclic) bond motifs is 1. The lowest BCUT2D eigenvalue weighted by molar-refractivity contribution is -0.159. The van der Waals surface area contributed by atoms with E-state index in [1.807, 2.05) is 0 Å². The maximum Gasteiger partial charge on any atom is 0.344 e. The minimum absolute atomic E-state index is 0.103. The van der Waals surface area contributed by atoms with Crippen LogP contribution in [0, 0.1) is 17.8 Å². The molecule has 1 aromatic rings. The van der Waals surface area contributed by atoms with E-state index in [1.165, 1.54) is 0 Å². The number of hydrogen-bond donors (Lipinski definition) is 0. The van der Waals surface area contributed by atoms with E-state index in [0.29, 0.717) is 48.0 Å². The van der Waals surface area contributed by atoms with Crippen molar-refractivity contribution >= 4 is 11.9 Å². The third-order valence-corrected chi connectivity index (χ3v) is 5.34. The lowest BCUT2D eigenvalue weighted by Gasteiger charge is -2.36. The summed E-state index contributed by atoms with van der Waals surface area (Å²) in [5.74, 6) is 1.39. The molecule has 3 rings (SSSR count). The quantitative estimate of drug-likeness (QED) is 0.731. The summed E-state index contributed by atoms with van der Waals surface area (Å²) in [4.78, 5) is 24.4. The summed E-state index contributed by atoms with van der Waals surface area (Å²) in [5, 5.41) is 0. The Hall–Kier alpha value is -2.24. The summed E-state index contributed by atoms with van der Waals surface area (Å²) in [6.07, 6.45) is 2.99. The molecule has 6 heteroatoms. The van der Waals surface area contributed by atoms with E-state index in [2.05, 4.69) is 20.8 Å². The van der Waals surface area contributed by atoms with Gasteiger partial charge >= 0.3 is 11.9 Å². The topological polar surface area (TPSA) is 71.1 Å². The van der Waals surface area contributed by atoms with Gasteiger partial charge in [-0.25, -0.2) is 9.59 Å². The smallest absolute Gasteiger partial charge is 0.344 e. The van der Waals surface area contributed by atoms with Gasteiger partial charge < -0.3 is 18.9 Å². The first kappa shape index (κ1) is 19.5. The van der Waals surface area contributed by atoms with E-state index < -0.39 is 11.9 Å². The van der Waals surface area contributed by atoms with Gasteiger partial charge in [0, 0.05) is 0 Å². The molecule has 0 unspecified atom stereocenters. The summed E-state index contributed by atoms with van der Waals surface area (Å²) in [5.41, 5.74) is 0.318. The fourth-order valence-corrected chi connectivity index (χ4v) is 3.83. The van der Waals surface area contributed by atoms with Crippen LogP contribution in [0.5, 0.6) is 11.5 Å². The van der Waals surface area contributed by atoms with Crippen LogP contribution in [0.4, 0.5) is 0 Å². The fraction of sp³-hybridized carbons (Fsp3) is 0.619. The predicted molar refractivity (Wildman–Crippen MR) is 98.9 cm³/mol. The largest absolute Gasteiger partial charge is 0.486 e. The lowest BCUT2D eigenvalue weighted by atomic mass is 9.75. The standard InChI is InChI=1S/C21H28O6/c1-13(2)16-6-4-14(3)10-18(16)27-20(22)12-26-21(23)15-5-7-17-19(11-15)25-9-8-24-17/h5,7,11,13-14,16,18H,4,6,8-10,12H2,1-3H3/t14-,16+,18+/m1/s1. The van der Waals surface area contributed by atoms with Gasteiger partial charge in [0.15, 0.2) is 18.1 Å². The second-order valence-electron chi connectivity index (χ2n) is 7.79. The van der Waals surface area contributed by atoms with Crippen molar-refractivity contribution in [1.82, 2.24) is 0 Å². The first-order valence-corrected chi connectivity index (χ1v) is 9.70. The average Bonchev–Trinajstić information content (AvgIpc) is 2.65. The van der Waals surface area contributed by atoms with Crippen molar-refractivity contribution in [1.29, 1.82) is 0 Å². The molecule has 0 spiro atoms. The number of esters is 2. The number of ether oxygens (including phenoxy) is 4. The zero-order valence-electron chi connectivity index (χ0n) is 16.2. The molecule has 27 heavy (non-hydrogen) atoms. The Labute approximate surface area is 160 Å². The highest BCUT2D eigenvalue weighted by Gasteiger charge is 2.33. The number of hydrogen-bond acceptors (Lipinski definition) is 6. The minimum atomic E-state index is -0.582. The molecule has 1 saturated carbocycles. The summed E-state index contributed by atoms with van der Waals surface area (Å²) in [7, 11) is 0. The highest BCUT2D eigenvalue weighted by atomic mass is 16.6. The number of carbonyl (C=O) groups is 2. The third kappa shape index (κ3) is 4.93. The molecule has 1 aromatic carbocycles. The van der Waals surface area contributed by atoms with Gasteiger partial charge in [-0.2, -0.15) is 0 Å². The van der Waals surface area contributed by atoms with Gasteiger partial charge in [0.25, 0.3) is 0 Å². The van der Waals surface area contributed by atoms with Gasteiger partial charge in [-0.05, 0) is 48.8 Å². The first-order chi connectivity index (χ1) is 12.9. The van der Waals surface area contributed by atoms with Crippen molar-refractivity contribution in [2.75, 3.05) is 19.8 Å². The molecule has 1 aliphatic carbocycles. The molecule has 3 atom stereocenters. The summed E-state index contributed by atoms with van der Waals surface area (Å²) >= 11 is 0. The second kappa shape index (κ2) is 8.63. The second-order valence-corrected chi connectivity index (χ2v) is 7.79. The first-order valence-electron chi connectivity index (χ1n) is 9.70. The highest BCUT2D eigenvalue weighted by Crippen LogP contribution is 2.35. The summed E-state index contributed by atoms with van der Waals surface area (Å²) < 4.78 is 21.7. The van der Waals surface area contributed by atoms with Crippen molar-refractivity contribution in [3.05, 3.63) is 23.8 Å². The average molecular weight is 376 g/mol. The maximum absolute atomic E-state index is 12.2. The zero-order valence-corrected chi connectivity index (χ0v) is 16.2. The van der Waals surface area contributed by atoms with Crippen LogP contribution in [-0.2, 0) is 14.3 Å². The van der Waals surface area contributed by atoms with Crippen LogP contribution in [0.15, 0.2) is 18.2 Å². The summed E-state index contributed by atoms with van der Waals surface area (Å²) in [6, 6.07) is 4.83. The molecule has 0 amide bonds. The molecule has 1 aliphatic heterocycles. The molecule has 148 valence electrons. The zero-order chi connectivity index (χ0) is 19.4. The Morgan fingerprint density at radius 2 is 1.89 bits per heavy atom. The van der Waals surface area contributed by atoms with E-state index in [9.17, 15) is 9.59 Å². The van der Waals surface area contributed by atoms with Crippen LogP contribution >= 0.6 is 0 Å². The third-order valence-electron chi connectivity index (χ3n) is 5.34. The molecule has 6 nitrogen and oxygen atoms in total. The van der Waals surface area contributed by atoms with Gasteiger partial charge in [0.05, 0.1) is 5.56 Å². The predicted octanol–water partition coefficient (Wildman–Crippen LogP) is 3.62. The van der Waals surface area contributed by atoms with Crippen LogP contribution in [-0.4, -0.2) is 37.9 Å². The van der Waals surface area contributed by atoms with Crippen molar-refractivity contribution in [2.45, 2.75) is 46.1 Å². The molecule has 0 bridgehead atoms. The van der Waals surface area contributed by atoms with Gasteiger partial charge in [0.1, 0.15) is 19.3 Å². The number of rotatable bonds is 5. The van der Waals surface area contributed by atoms with E-state index in [4.69, 9.17) is 18.9 Å². The van der Waals surface area contributed by atoms with Gasteiger partial charge in [-0.3, -0.25) is 0 Å². The van der Waals surface area contributed by atoms with Crippen LogP contribution in [0.25, 0.3) is 0 Å². The highest BCUT2D eigenvalue weighted by molar-refractivity contribution is 5.91. The Balaban J connectivity index is 1.53. The Morgan fingerprint density at radius 3 is 2.63 bits per heavy atom. The van der Waals surface area contributed by atoms with Crippen LogP contribution in [0.1, 0.15) is 50.4 Å². The molecule has 0 saturated heterocycles. The SMILES string of the molecule is CC(C)[C@@H]1CC[C@@H](C)C[C@@H]1OC(=O)COC(=O)c1ccc2c(c1)OCCO2. The number of carbonyl (C=O) groups excluding carboxylic acids is 2. The minimum Gasteiger partial charge on any atom is -0.486 e. The monoisotopic (exact) mass is 376 g/mol. The maximum atomic E-state index is 12.2. The van der Waals surface area contributed by atoms with Crippen molar-refractivity contribution in [3.63, 3.8) is 0 Å². The Morgan fingerprint density at radius 1 is 1.15 bits per heavy atom. The summed E-state index contributed by atoms with van der Waals surface area (Å²) in [6.45, 7) is 7.03. The van der Waals surface area contributed by atoms with Crippen LogP contribution in [0.3, 0.4) is 0 Å². The molecule has 1 heterocycles. The molecular formula is C21H28O6. The lowest BCUT2D eigenvalue weighted by Crippen LogP contribution is -2.36. The van der Waals surface area contributed by atoms with E-state index in [0.717, 1.165) is 19.3 Å². The van der Waals surface area contributed by atoms with Gasteiger partial charge in [-0.15, -0.1) is 0 Å². The van der Waals surface area contributed by atoms with Crippen LogP contribution < -0.4 is 9.47 Å².